The van der Waals surface area contributed by atoms with Gasteiger partial charge in [0, 0.05) is 27.1 Å². The number of aliphatic hydroxyl groups is 1. The molecule has 2 atom stereocenters. The van der Waals surface area contributed by atoms with E-state index < -0.39 is 0 Å². The molecule has 76 valence electrons. The molecule has 4 nitrogen and oxygen atoms in total. The molecule has 1 saturated heterocycles. The second-order valence-electron chi connectivity index (χ2n) is 3.66. The maximum absolute atomic E-state index is 11.3. The van der Waals surface area contributed by atoms with E-state index in [1.807, 2.05) is 0 Å². The van der Waals surface area contributed by atoms with Crippen molar-refractivity contribution in [2.45, 2.75) is 31.5 Å². The van der Waals surface area contributed by atoms with E-state index in [0.29, 0.717) is 25.9 Å². The fraction of sp³-hybridized carbons (Fsp3) is 0.889. The molecule has 1 amide bonds. The number of rotatable bonds is 2. The Balaban J connectivity index is 2.31. The van der Waals surface area contributed by atoms with Crippen molar-refractivity contribution in [2.75, 3.05) is 20.7 Å². The summed E-state index contributed by atoms with van der Waals surface area (Å²) in [7, 11) is 3.45. The maximum atomic E-state index is 11.3. The van der Waals surface area contributed by atoms with Crippen LogP contribution in [0.25, 0.3) is 0 Å². The van der Waals surface area contributed by atoms with Crippen molar-refractivity contribution < 1.29 is 14.6 Å². The van der Waals surface area contributed by atoms with Crippen LogP contribution in [0.5, 0.6) is 0 Å². The molecule has 0 bridgehead atoms. The fourth-order valence-corrected chi connectivity index (χ4v) is 1.38. The standard InChI is InChI=1S/C9H17NO3/c1-10(2)9(12)6-8-5-7(11)3-4-13-8/h7-8,11H,3-6H2,1-2H3. The molecule has 0 aromatic heterocycles. The minimum absolute atomic E-state index is 0.0547. The molecule has 1 aliphatic heterocycles. The highest BCUT2D eigenvalue weighted by Gasteiger charge is 2.23. The topological polar surface area (TPSA) is 49.8 Å². The first kappa shape index (κ1) is 10.5. The van der Waals surface area contributed by atoms with E-state index in [0.717, 1.165) is 0 Å². The van der Waals surface area contributed by atoms with Crippen LogP contribution < -0.4 is 0 Å². The fourth-order valence-electron chi connectivity index (χ4n) is 1.38. The van der Waals surface area contributed by atoms with Crippen LogP contribution >= 0.6 is 0 Å². The Hall–Kier alpha value is -0.610. The molecule has 1 heterocycles. The van der Waals surface area contributed by atoms with Gasteiger partial charge in [0.25, 0.3) is 0 Å². The third-order valence-corrected chi connectivity index (χ3v) is 2.24. The van der Waals surface area contributed by atoms with Crippen LogP contribution in [0, 0.1) is 0 Å². The predicted molar refractivity (Wildman–Crippen MR) is 48.3 cm³/mol. The second-order valence-corrected chi connectivity index (χ2v) is 3.66. The normalized spacial score (nSPS) is 28.5. The van der Waals surface area contributed by atoms with Crippen LogP contribution in [-0.2, 0) is 9.53 Å². The summed E-state index contributed by atoms with van der Waals surface area (Å²) in [5.41, 5.74) is 0. The first-order chi connectivity index (χ1) is 6.09. The first-order valence-electron chi connectivity index (χ1n) is 4.59. The molecule has 1 N–H and O–H groups in total. The molecule has 0 aromatic rings. The molecule has 4 heteroatoms. The molecule has 1 aliphatic rings. The van der Waals surface area contributed by atoms with Crippen LogP contribution in [0.4, 0.5) is 0 Å². The Morgan fingerprint density at radius 2 is 2.31 bits per heavy atom. The zero-order valence-corrected chi connectivity index (χ0v) is 8.19. The summed E-state index contributed by atoms with van der Waals surface area (Å²) < 4.78 is 5.36. The highest BCUT2D eigenvalue weighted by atomic mass is 16.5. The van der Waals surface area contributed by atoms with Crippen molar-refractivity contribution in [3.8, 4) is 0 Å². The van der Waals surface area contributed by atoms with Gasteiger partial charge in [-0.05, 0) is 6.42 Å². The van der Waals surface area contributed by atoms with E-state index in [-0.39, 0.29) is 18.1 Å². The minimum Gasteiger partial charge on any atom is -0.393 e. The van der Waals surface area contributed by atoms with Gasteiger partial charge in [0.15, 0.2) is 0 Å². The van der Waals surface area contributed by atoms with Crippen molar-refractivity contribution >= 4 is 5.91 Å². The van der Waals surface area contributed by atoms with Gasteiger partial charge in [0.1, 0.15) is 0 Å². The van der Waals surface area contributed by atoms with Crippen LogP contribution in [0.2, 0.25) is 0 Å². The van der Waals surface area contributed by atoms with Crippen LogP contribution in [0.15, 0.2) is 0 Å². The number of carbonyl (C=O) groups excluding carboxylic acids is 1. The number of amides is 1. The zero-order valence-electron chi connectivity index (χ0n) is 8.19. The third-order valence-electron chi connectivity index (χ3n) is 2.24. The van der Waals surface area contributed by atoms with Gasteiger partial charge in [-0.2, -0.15) is 0 Å². The summed E-state index contributed by atoms with van der Waals surface area (Å²) in [6.45, 7) is 0.562. The van der Waals surface area contributed by atoms with Gasteiger partial charge in [-0.1, -0.05) is 0 Å². The largest absolute Gasteiger partial charge is 0.393 e. The summed E-state index contributed by atoms with van der Waals surface area (Å²) in [5.74, 6) is 0.0547. The van der Waals surface area contributed by atoms with Crippen molar-refractivity contribution in [2.24, 2.45) is 0 Å². The molecule has 0 saturated carbocycles. The van der Waals surface area contributed by atoms with Crippen LogP contribution in [0.1, 0.15) is 19.3 Å². The Labute approximate surface area is 78.5 Å². The van der Waals surface area contributed by atoms with Gasteiger partial charge < -0.3 is 14.7 Å². The average Bonchev–Trinajstić information content (AvgIpc) is 2.04. The van der Waals surface area contributed by atoms with Crippen LogP contribution in [0.3, 0.4) is 0 Å². The predicted octanol–water partition coefficient (Wildman–Crippen LogP) is 0.00460. The Morgan fingerprint density at radius 1 is 1.62 bits per heavy atom. The number of hydrogen-bond acceptors (Lipinski definition) is 3. The number of ether oxygens (including phenoxy) is 1. The SMILES string of the molecule is CN(C)C(=O)CC1CC(O)CCO1. The minimum atomic E-state index is -0.297. The van der Waals surface area contributed by atoms with E-state index in [9.17, 15) is 9.90 Å². The van der Waals surface area contributed by atoms with E-state index in [2.05, 4.69) is 0 Å². The molecule has 1 fully saturated rings. The van der Waals surface area contributed by atoms with E-state index in [1.54, 1.807) is 19.0 Å². The number of nitrogens with zero attached hydrogens (tertiary/aromatic N) is 1. The van der Waals surface area contributed by atoms with Gasteiger partial charge in [-0.3, -0.25) is 4.79 Å². The molecule has 13 heavy (non-hydrogen) atoms. The molecular formula is C9H17NO3. The van der Waals surface area contributed by atoms with Gasteiger partial charge in [-0.15, -0.1) is 0 Å². The molecule has 0 aliphatic carbocycles. The quantitative estimate of drug-likeness (QED) is 0.662. The van der Waals surface area contributed by atoms with E-state index in [1.165, 1.54) is 0 Å². The lowest BCUT2D eigenvalue weighted by atomic mass is 10.0. The molecule has 0 spiro atoms. The van der Waals surface area contributed by atoms with Gasteiger partial charge >= 0.3 is 0 Å². The van der Waals surface area contributed by atoms with Gasteiger partial charge in [-0.25, -0.2) is 0 Å². The number of aliphatic hydroxyl groups excluding tert-OH is 1. The van der Waals surface area contributed by atoms with Gasteiger partial charge in [0.05, 0.1) is 18.6 Å². The number of carbonyl (C=O) groups is 1. The van der Waals surface area contributed by atoms with Crippen molar-refractivity contribution in [1.82, 2.24) is 4.90 Å². The maximum Gasteiger partial charge on any atom is 0.224 e. The lowest BCUT2D eigenvalue weighted by Crippen LogP contribution is -2.34. The van der Waals surface area contributed by atoms with Crippen LogP contribution in [-0.4, -0.2) is 48.8 Å². The Kier molecular flexibility index (Phi) is 3.69. The molecule has 1 rings (SSSR count). The monoisotopic (exact) mass is 187 g/mol. The number of hydrogen-bond donors (Lipinski definition) is 1. The van der Waals surface area contributed by atoms with Crippen molar-refractivity contribution in [3.05, 3.63) is 0 Å². The highest BCUT2D eigenvalue weighted by molar-refractivity contribution is 5.76. The highest BCUT2D eigenvalue weighted by Crippen LogP contribution is 2.16. The molecule has 0 aromatic carbocycles. The van der Waals surface area contributed by atoms with Crippen molar-refractivity contribution in [1.29, 1.82) is 0 Å². The third kappa shape index (κ3) is 3.32. The van der Waals surface area contributed by atoms with Gasteiger partial charge in [0.2, 0.25) is 5.91 Å². The first-order valence-corrected chi connectivity index (χ1v) is 4.59. The van der Waals surface area contributed by atoms with E-state index >= 15 is 0 Å². The summed E-state index contributed by atoms with van der Waals surface area (Å²) in [6.07, 6.45) is 1.25. The molecule has 0 radical (unpaired) electrons. The molecular weight excluding hydrogens is 170 g/mol. The molecule has 2 unspecified atom stereocenters. The smallest absolute Gasteiger partial charge is 0.224 e. The summed E-state index contributed by atoms with van der Waals surface area (Å²) in [6, 6.07) is 0. The summed E-state index contributed by atoms with van der Waals surface area (Å²) in [4.78, 5) is 12.8. The lowest BCUT2D eigenvalue weighted by Gasteiger charge is -2.26. The second kappa shape index (κ2) is 4.58. The summed E-state index contributed by atoms with van der Waals surface area (Å²) in [5, 5.41) is 9.33. The average molecular weight is 187 g/mol. The Morgan fingerprint density at radius 3 is 2.85 bits per heavy atom. The Bertz CT molecular complexity index is 182. The van der Waals surface area contributed by atoms with E-state index in [4.69, 9.17) is 4.74 Å². The lowest BCUT2D eigenvalue weighted by molar-refractivity contribution is -0.134. The summed E-state index contributed by atoms with van der Waals surface area (Å²) >= 11 is 0. The zero-order chi connectivity index (χ0) is 9.84. The van der Waals surface area contributed by atoms with Crippen molar-refractivity contribution in [3.63, 3.8) is 0 Å².